The molecule has 106 valence electrons. The van der Waals surface area contributed by atoms with E-state index < -0.39 is 0 Å². The summed E-state index contributed by atoms with van der Waals surface area (Å²) in [7, 11) is 0. The number of carbonyl (C=O) groups excluding carboxylic acids is 1. The molecule has 20 heavy (non-hydrogen) atoms. The van der Waals surface area contributed by atoms with Crippen LogP contribution in [0.5, 0.6) is 0 Å². The van der Waals surface area contributed by atoms with E-state index in [4.69, 9.17) is 23.8 Å². The third-order valence-electron chi connectivity index (χ3n) is 3.49. The molecule has 6 heteroatoms. The van der Waals surface area contributed by atoms with Gasteiger partial charge < -0.3 is 14.9 Å². The zero-order chi connectivity index (χ0) is 14.1. The molecule has 0 saturated heterocycles. The Hall–Kier alpha value is -1.33. The van der Waals surface area contributed by atoms with Gasteiger partial charge in [-0.3, -0.25) is 4.79 Å². The van der Waals surface area contributed by atoms with Crippen molar-refractivity contribution in [3.05, 3.63) is 28.0 Å². The Morgan fingerprint density at radius 2 is 2.30 bits per heavy atom. The predicted molar refractivity (Wildman–Crippen MR) is 82.5 cm³/mol. The summed E-state index contributed by atoms with van der Waals surface area (Å²) in [4.78, 5) is 14.8. The Labute approximate surface area is 127 Å². The van der Waals surface area contributed by atoms with Gasteiger partial charge in [-0.2, -0.15) is 0 Å². The SMILES string of the molecule is O=C(CCCn1c(=S)[nH]c2c(Cl)cccc21)NC1CC1. The van der Waals surface area contributed by atoms with Gasteiger partial charge in [-0.25, -0.2) is 0 Å². The summed E-state index contributed by atoms with van der Waals surface area (Å²) in [6, 6.07) is 6.15. The summed E-state index contributed by atoms with van der Waals surface area (Å²) in [5.41, 5.74) is 1.85. The summed E-state index contributed by atoms with van der Waals surface area (Å²) in [5.74, 6) is 0.136. The lowest BCUT2D eigenvalue weighted by molar-refractivity contribution is -0.121. The highest BCUT2D eigenvalue weighted by atomic mass is 35.5. The summed E-state index contributed by atoms with van der Waals surface area (Å²) >= 11 is 11.5. The van der Waals surface area contributed by atoms with Gasteiger partial charge in [-0.1, -0.05) is 17.7 Å². The molecule has 0 unspecified atom stereocenters. The number of aryl methyl sites for hydroxylation is 1. The Balaban J connectivity index is 1.67. The second-order valence-electron chi connectivity index (χ2n) is 5.16. The van der Waals surface area contributed by atoms with Crippen LogP contribution in [0, 0.1) is 4.77 Å². The van der Waals surface area contributed by atoms with Crippen molar-refractivity contribution in [2.24, 2.45) is 0 Å². The molecular formula is C14H16ClN3OS. The minimum absolute atomic E-state index is 0.136. The van der Waals surface area contributed by atoms with Crippen molar-refractivity contribution >= 4 is 40.8 Å². The summed E-state index contributed by atoms with van der Waals surface area (Å²) in [6.07, 6.45) is 3.55. The number of benzene rings is 1. The van der Waals surface area contributed by atoms with Crippen LogP contribution in [0.2, 0.25) is 5.02 Å². The van der Waals surface area contributed by atoms with E-state index in [-0.39, 0.29) is 5.91 Å². The van der Waals surface area contributed by atoms with Crippen molar-refractivity contribution in [1.29, 1.82) is 0 Å². The lowest BCUT2D eigenvalue weighted by atomic mass is 10.2. The number of carbonyl (C=O) groups is 1. The van der Waals surface area contributed by atoms with Gasteiger partial charge in [-0.15, -0.1) is 0 Å². The summed E-state index contributed by atoms with van der Waals surface area (Å²) < 4.78 is 2.65. The summed E-state index contributed by atoms with van der Waals surface area (Å²) in [5, 5.41) is 3.66. The van der Waals surface area contributed by atoms with Crippen molar-refractivity contribution in [2.75, 3.05) is 0 Å². The zero-order valence-corrected chi connectivity index (χ0v) is 12.6. The number of nitrogens with zero attached hydrogens (tertiary/aromatic N) is 1. The topological polar surface area (TPSA) is 49.8 Å². The lowest BCUT2D eigenvalue weighted by Crippen LogP contribution is -2.25. The Kier molecular flexibility index (Phi) is 3.81. The molecule has 4 nitrogen and oxygen atoms in total. The van der Waals surface area contributed by atoms with Crippen LogP contribution in [0.3, 0.4) is 0 Å². The van der Waals surface area contributed by atoms with E-state index in [1.165, 1.54) is 0 Å². The molecule has 1 aromatic heterocycles. The van der Waals surface area contributed by atoms with Gasteiger partial charge >= 0.3 is 0 Å². The molecule has 2 N–H and O–H groups in total. The highest BCUT2D eigenvalue weighted by Crippen LogP contribution is 2.23. The highest BCUT2D eigenvalue weighted by molar-refractivity contribution is 7.71. The molecule has 1 amide bonds. The van der Waals surface area contributed by atoms with Crippen molar-refractivity contribution in [1.82, 2.24) is 14.9 Å². The van der Waals surface area contributed by atoms with Crippen LogP contribution in [0.4, 0.5) is 0 Å². The normalized spacial score (nSPS) is 14.7. The van der Waals surface area contributed by atoms with Crippen LogP contribution in [0.1, 0.15) is 25.7 Å². The number of fused-ring (bicyclic) bond motifs is 1. The van der Waals surface area contributed by atoms with Crippen molar-refractivity contribution in [3.8, 4) is 0 Å². The molecule has 2 aromatic rings. The predicted octanol–water partition coefficient (Wildman–Crippen LogP) is 3.41. The first kappa shape index (κ1) is 13.6. The smallest absolute Gasteiger partial charge is 0.220 e. The number of hydrogen-bond acceptors (Lipinski definition) is 2. The lowest BCUT2D eigenvalue weighted by Gasteiger charge is -2.05. The van der Waals surface area contributed by atoms with Gasteiger partial charge in [0, 0.05) is 19.0 Å². The minimum Gasteiger partial charge on any atom is -0.353 e. The molecule has 0 atom stereocenters. The van der Waals surface area contributed by atoms with E-state index in [0.717, 1.165) is 36.8 Å². The molecule has 1 heterocycles. The number of H-pyrrole nitrogens is 1. The summed E-state index contributed by atoms with van der Waals surface area (Å²) in [6.45, 7) is 0.720. The van der Waals surface area contributed by atoms with Crippen LogP contribution in [-0.2, 0) is 11.3 Å². The average molecular weight is 310 g/mol. The molecule has 0 radical (unpaired) electrons. The Morgan fingerprint density at radius 1 is 1.50 bits per heavy atom. The number of para-hydroxylation sites is 1. The number of aromatic nitrogens is 2. The van der Waals surface area contributed by atoms with Gasteiger partial charge in [0.05, 0.1) is 16.1 Å². The van der Waals surface area contributed by atoms with Gasteiger partial charge in [0.2, 0.25) is 5.91 Å². The molecule has 1 aliphatic carbocycles. The van der Waals surface area contributed by atoms with Crippen LogP contribution < -0.4 is 5.32 Å². The third kappa shape index (κ3) is 2.88. The van der Waals surface area contributed by atoms with Crippen LogP contribution in [-0.4, -0.2) is 21.5 Å². The van der Waals surface area contributed by atoms with Crippen LogP contribution in [0.15, 0.2) is 18.2 Å². The van der Waals surface area contributed by atoms with Crippen molar-refractivity contribution in [2.45, 2.75) is 38.3 Å². The fourth-order valence-corrected chi connectivity index (χ4v) is 2.80. The number of rotatable bonds is 5. The molecule has 1 saturated carbocycles. The Morgan fingerprint density at radius 3 is 3.05 bits per heavy atom. The van der Waals surface area contributed by atoms with E-state index in [1.54, 1.807) is 0 Å². The number of halogens is 1. The first-order valence-corrected chi connectivity index (χ1v) is 7.60. The van der Waals surface area contributed by atoms with E-state index in [9.17, 15) is 4.79 Å². The molecule has 1 fully saturated rings. The molecule has 3 rings (SSSR count). The fraction of sp³-hybridized carbons (Fsp3) is 0.429. The first-order valence-electron chi connectivity index (χ1n) is 6.81. The first-order chi connectivity index (χ1) is 9.65. The zero-order valence-electron chi connectivity index (χ0n) is 11.0. The van der Waals surface area contributed by atoms with Crippen molar-refractivity contribution in [3.63, 3.8) is 0 Å². The second-order valence-corrected chi connectivity index (χ2v) is 5.95. The molecule has 0 bridgehead atoms. The third-order valence-corrected chi connectivity index (χ3v) is 4.12. The van der Waals surface area contributed by atoms with Gasteiger partial charge in [0.25, 0.3) is 0 Å². The van der Waals surface area contributed by atoms with E-state index in [0.29, 0.717) is 22.3 Å². The maximum absolute atomic E-state index is 11.6. The maximum atomic E-state index is 11.6. The van der Waals surface area contributed by atoms with Crippen LogP contribution in [0.25, 0.3) is 11.0 Å². The van der Waals surface area contributed by atoms with Gasteiger partial charge in [0.15, 0.2) is 4.77 Å². The monoisotopic (exact) mass is 309 g/mol. The number of nitrogens with one attached hydrogen (secondary N) is 2. The largest absolute Gasteiger partial charge is 0.353 e. The van der Waals surface area contributed by atoms with Crippen molar-refractivity contribution < 1.29 is 4.79 Å². The van der Waals surface area contributed by atoms with Gasteiger partial charge in [0.1, 0.15) is 0 Å². The second kappa shape index (κ2) is 5.58. The van der Waals surface area contributed by atoms with Crippen LogP contribution >= 0.6 is 23.8 Å². The highest BCUT2D eigenvalue weighted by Gasteiger charge is 2.22. The molecule has 1 aliphatic rings. The number of hydrogen-bond donors (Lipinski definition) is 2. The quantitative estimate of drug-likeness (QED) is 0.832. The van der Waals surface area contributed by atoms with E-state index >= 15 is 0 Å². The minimum atomic E-state index is 0.136. The molecule has 0 spiro atoms. The number of imidazole rings is 1. The number of amides is 1. The standard InChI is InChI=1S/C14H16ClN3OS/c15-10-3-1-4-11-13(10)17-14(20)18(11)8-2-5-12(19)16-9-6-7-9/h1,3-4,9H,2,5-8H2,(H,16,19)(H,17,20). The van der Waals surface area contributed by atoms with Gasteiger partial charge in [-0.05, 0) is 43.6 Å². The Bertz CT molecular complexity index is 702. The van der Waals surface area contributed by atoms with E-state index in [2.05, 4.69) is 10.3 Å². The van der Waals surface area contributed by atoms with E-state index in [1.807, 2.05) is 22.8 Å². The molecule has 1 aromatic carbocycles. The molecule has 0 aliphatic heterocycles. The fourth-order valence-electron chi connectivity index (χ4n) is 2.29. The maximum Gasteiger partial charge on any atom is 0.220 e. The average Bonchev–Trinajstić information content (AvgIpc) is 3.15. The number of aromatic amines is 1. The molecular weight excluding hydrogens is 294 g/mol.